The Morgan fingerprint density at radius 1 is 1.36 bits per heavy atom. The molecule has 0 amide bonds. The minimum Gasteiger partial charge on any atom is -0.318 e. The van der Waals surface area contributed by atoms with Gasteiger partial charge in [0.05, 0.1) is 6.61 Å². The SMILES string of the molecule is CCCCCOP(=O)(Cl)CC. The van der Waals surface area contributed by atoms with Crippen LogP contribution in [0.1, 0.15) is 33.1 Å². The van der Waals surface area contributed by atoms with Crippen LogP contribution in [-0.4, -0.2) is 12.8 Å². The maximum Gasteiger partial charge on any atom is 0.289 e. The van der Waals surface area contributed by atoms with Crippen LogP contribution in [0.25, 0.3) is 0 Å². The Morgan fingerprint density at radius 2 is 2.00 bits per heavy atom. The zero-order valence-corrected chi connectivity index (χ0v) is 8.83. The van der Waals surface area contributed by atoms with E-state index in [1.807, 2.05) is 0 Å². The summed E-state index contributed by atoms with van der Waals surface area (Å²) in [5.41, 5.74) is 0. The molecule has 0 aromatic heterocycles. The Balaban J connectivity index is 3.31. The second kappa shape index (κ2) is 6.05. The average Bonchev–Trinajstić information content (AvgIpc) is 1.99. The van der Waals surface area contributed by atoms with Crippen molar-refractivity contribution in [1.29, 1.82) is 0 Å². The molecule has 0 aromatic rings. The molecule has 0 spiro atoms. The van der Waals surface area contributed by atoms with Crippen LogP contribution in [0.5, 0.6) is 0 Å². The zero-order chi connectivity index (χ0) is 8.74. The molecule has 0 fully saturated rings. The molecule has 1 atom stereocenters. The fourth-order valence-corrected chi connectivity index (χ4v) is 1.44. The largest absolute Gasteiger partial charge is 0.318 e. The van der Waals surface area contributed by atoms with E-state index in [4.69, 9.17) is 15.8 Å². The number of hydrogen-bond donors (Lipinski definition) is 0. The standard InChI is InChI=1S/C7H16ClO2P/c1-3-5-6-7-10-11(8,9)4-2/h3-7H2,1-2H3. The molecule has 68 valence electrons. The lowest BCUT2D eigenvalue weighted by Crippen LogP contribution is -1.90. The first-order chi connectivity index (χ1) is 5.12. The minimum absolute atomic E-state index is 0.417. The summed E-state index contributed by atoms with van der Waals surface area (Å²) in [7, 11) is 0. The first-order valence-electron chi connectivity index (χ1n) is 4.05. The van der Waals surface area contributed by atoms with Crippen LogP contribution in [0, 0.1) is 0 Å². The summed E-state index contributed by atoms with van der Waals surface area (Å²) >= 11 is 5.53. The number of halogens is 1. The molecule has 0 aromatic carbocycles. The van der Waals surface area contributed by atoms with E-state index in [-0.39, 0.29) is 0 Å². The zero-order valence-electron chi connectivity index (χ0n) is 7.18. The highest BCUT2D eigenvalue weighted by molar-refractivity contribution is 7.85. The van der Waals surface area contributed by atoms with Crippen LogP contribution < -0.4 is 0 Å². The van der Waals surface area contributed by atoms with Crippen LogP contribution in [-0.2, 0) is 9.09 Å². The molecule has 0 N–H and O–H groups in total. The van der Waals surface area contributed by atoms with Crippen molar-refractivity contribution < 1.29 is 9.09 Å². The van der Waals surface area contributed by atoms with Gasteiger partial charge in [-0.1, -0.05) is 26.7 Å². The smallest absolute Gasteiger partial charge is 0.289 e. The van der Waals surface area contributed by atoms with Crippen molar-refractivity contribution in [2.45, 2.75) is 33.1 Å². The first kappa shape index (κ1) is 11.5. The molecule has 0 aliphatic heterocycles. The molecule has 0 aliphatic rings. The lowest BCUT2D eigenvalue weighted by Gasteiger charge is -2.07. The van der Waals surface area contributed by atoms with Crippen molar-refractivity contribution in [1.82, 2.24) is 0 Å². The van der Waals surface area contributed by atoms with Gasteiger partial charge in [0.1, 0.15) is 0 Å². The summed E-state index contributed by atoms with van der Waals surface area (Å²) in [5, 5.41) is 0. The van der Waals surface area contributed by atoms with Crippen molar-refractivity contribution in [2.75, 3.05) is 12.8 Å². The second-order valence-corrected chi connectivity index (χ2v) is 6.06. The molecule has 0 bridgehead atoms. The van der Waals surface area contributed by atoms with Crippen molar-refractivity contribution in [3.63, 3.8) is 0 Å². The van der Waals surface area contributed by atoms with Gasteiger partial charge in [-0.25, -0.2) is 0 Å². The molecule has 0 radical (unpaired) electrons. The van der Waals surface area contributed by atoms with Crippen molar-refractivity contribution >= 4 is 18.0 Å². The van der Waals surface area contributed by atoms with Crippen LogP contribution in [0.3, 0.4) is 0 Å². The molecule has 2 nitrogen and oxygen atoms in total. The molecule has 0 heterocycles. The van der Waals surface area contributed by atoms with Crippen molar-refractivity contribution in [3.8, 4) is 0 Å². The van der Waals surface area contributed by atoms with E-state index >= 15 is 0 Å². The Hall–Kier alpha value is 0.480. The van der Waals surface area contributed by atoms with E-state index in [1.54, 1.807) is 6.92 Å². The number of unbranched alkanes of at least 4 members (excludes halogenated alkanes) is 2. The maximum atomic E-state index is 11.1. The third-order valence-electron chi connectivity index (χ3n) is 1.41. The topological polar surface area (TPSA) is 26.3 Å². The third-order valence-corrected chi connectivity index (χ3v) is 3.74. The van der Waals surface area contributed by atoms with Gasteiger partial charge in [-0.3, -0.25) is 4.57 Å². The van der Waals surface area contributed by atoms with Gasteiger partial charge in [-0.2, -0.15) is 0 Å². The fraction of sp³-hybridized carbons (Fsp3) is 1.00. The quantitative estimate of drug-likeness (QED) is 0.481. The molecule has 0 rings (SSSR count). The molecule has 4 heteroatoms. The lowest BCUT2D eigenvalue weighted by molar-refractivity contribution is 0.313. The number of rotatable bonds is 6. The van der Waals surface area contributed by atoms with Gasteiger partial charge in [0, 0.05) is 6.16 Å². The third kappa shape index (κ3) is 6.86. The summed E-state index contributed by atoms with van der Waals surface area (Å²) < 4.78 is 16.1. The predicted molar refractivity (Wildman–Crippen MR) is 49.5 cm³/mol. The fourth-order valence-electron chi connectivity index (χ4n) is 0.644. The van der Waals surface area contributed by atoms with Crippen LogP contribution in [0.4, 0.5) is 0 Å². The molecular formula is C7H16ClO2P. The molecule has 0 saturated carbocycles. The van der Waals surface area contributed by atoms with Gasteiger partial charge in [0.25, 0.3) is 6.72 Å². The van der Waals surface area contributed by atoms with E-state index in [0.29, 0.717) is 12.8 Å². The van der Waals surface area contributed by atoms with Gasteiger partial charge in [0.15, 0.2) is 0 Å². The molecule has 11 heavy (non-hydrogen) atoms. The van der Waals surface area contributed by atoms with E-state index in [1.165, 1.54) is 0 Å². The Morgan fingerprint density at radius 3 is 2.45 bits per heavy atom. The summed E-state index contributed by atoms with van der Waals surface area (Å²) in [5.74, 6) is 0. The average molecular weight is 199 g/mol. The Bertz CT molecular complexity index is 138. The highest BCUT2D eigenvalue weighted by Crippen LogP contribution is 2.51. The van der Waals surface area contributed by atoms with E-state index in [9.17, 15) is 4.57 Å². The maximum absolute atomic E-state index is 11.1. The van der Waals surface area contributed by atoms with E-state index < -0.39 is 6.72 Å². The summed E-state index contributed by atoms with van der Waals surface area (Å²) in [6, 6.07) is 0. The van der Waals surface area contributed by atoms with Gasteiger partial charge in [-0.05, 0) is 17.7 Å². The normalized spacial score (nSPS) is 16.3. The predicted octanol–water partition coefficient (Wildman–Crippen LogP) is 3.65. The number of hydrogen-bond acceptors (Lipinski definition) is 2. The molecule has 1 unspecified atom stereocenters. The van der Waals surface area contributed by atoms with Crippen molar-refractivity contribution in [3.05, 3.63) is 0 Å². The lowest BCUT2D eigenvalue weighted by atomic mass is 10.3. The van der Waals surface area contributed by atoms with Gasteiger partial charge in [-0.15, -0.1) is 0 Å². The Kier molecular flexibility index (Phi) is 6.31. The Labute approximate surface area is 73.5 Å². The second-order valence-electron chi connectivity index (χ2n) is 2.45. The summed E-state index contributed by atoms with van der Waals surface area (Å²) in [4.78, 5) is 0. The van der Waals surface area contributed by atoms with E-state index in [0.717, 1.165) is 19.3 Å². The monoisotopic (exact) mass is 198 g/mol. The molecule has 0 saturated heterocycles. The van der Waals surface area contributed by atoms with E-state index in [2.05, 4.69) is 6.92 Å². The summed E-state index contributed by atoms with van der Waals surface area (Å²) in [6.07, 6.45) is 3.62. The highest BCUT2D eigenvalue weighted by Gasteiger charge is 2.14. The molecule has 0 aliphatic carbocycles. The van der Waals surface area contributed by atoms with Crippen LogP contribution in [0.2, 0.25) is 0 Å². The first-order valence-corrected chi connectivity index (χ1v) is 6.77. The van der Waals surface area contributed by atoms with Gasteiger partial charge >= 0.3 is 0 Å². The highest BCUT2D eigenvalue weighted by atomic mass is 35.7. The van der Waals surface area contributed by atoms with Gasteiger partial charge < -0.3 is 4.52 Å². The van der Waals surface area contributed by atoms with Crippen LogP contribution in [0.15, 0.2) is 0 Å². The minimum atomic E-state index is -2.74. The van der Waals surface area contributed by atoms with Crippen LogP contribution >= 0.6 is 18.0 Å². The summed E-state index contributed by atoms with van der Waals surface area (Å²) in [6.45, 7) is 1.67. The molecular weight excluding hydrogens is 183 g/mol. The van der Waals surface area contributed by atoms with Crippen molar-refractivity contribution in [2.24, 2.45) is 0 Å². The van der Waals surface area contributed by atoms with Gasteiger partial charge in [0.2, 0.25) is 0 Å².